The van der Waals surface area contributed by atoms with Gasteiger partial charge < -0.3 is 10.2 Å². The first-order valence-corrected chi connectivity index (χ1v) is 10.7. The molecular formula is C22H24ClN7. The lowest BCUT2D eigenvalue weighted by molar-refractivity contribution is 0.452. The van der Waals surface area contributed by atoms with Crippen molar-refractivity contribution < 1.29 is 0 Å². The molecule has 8 heteroatoms. The molecule has 1 aromatic carbocycles. The zero-order chi connectivity index (χ0) is 20.5. The van der Waals surface area contributed by atoms with Crippen molar-refractivity contribution in [2.24, 2.45) is 5.92 Å². The molecule has 0 amide bonds. The number of piperazine rings is 1. The summed E-state index contributed by atoms with van der Waals surface area (Å²) in [7, 11) is 0. The van der Waals surface area contributed by atoms with Gasteiger partial charge in [-0.25, -0.2) is 4.98 Å². The fourth-order valence-electron chi connectivity index (χ4n) is 4.07. The molecule has 1 saturated heterocycles. The Hall–Kier alpha value is -2.77. The van der Waals surface area contributed by atoms with Crippen LogP contribution >= 0.6 is 11.6 Å². The molecule has 30 heavy (non-hydrogen) atoms. The van der Waals surface area contributed by atoms with Gasteiger partial charge in [0.15, 0.2) is 11.6 Å². The summed E-state index contributed by atoms with van der Waals surface area (Å²) < 4.78 is 0. The highest BCUT2D eigenvalue weighted by atomic mass is 35.5. The largest absolute Gasteiger partial charge is 0.352 e. The quantitative estimate of drug-likeness (QED) is 0.667. The molecule has 7 nitrogen and oxygen atoms in total. The van der Waals surface area contributed by atoms with Gasteiger partial charge in [-0.05, 0) is 37.0 Å². The van der Waals surface area contributed by atoms with Crippen molar-refractivity contribution >= 4 is 28.3 Å². The smallest absolute Gasteiger partial charge is 0.183 e. The second kappa shape index (κ2) is 8.16. The van der Waals surface area contributed by atoms with E-state index < -0.39 is 0 Å². The van der Waals surface area contributed by atoms with E-state index in [9.17, 15) is 0 Å². The number of aromatic nitrogens is 5. The van der Waals surface area contributed by atoms with Crippen LogP contribution in [0.25, 0.3) is 22.3 Å². The van der Waals surface area contributed by atoms with Crippen LogP contribution in [0.4, 0.5) is 5.82 Å². The van der Waals surface area contributed by atoms with Gasteiger partial charge in [-0.1, -0.05) is 42.3 Å². The minimum atomic E-state index is 0.391. The lowest BCUT2D eigenvalue weighted by Gasteiger charge is -2.34. The van der Waals surface area contributed by atoms with Gasteiger partial charge in [0.25, 0.3) is 0 Å². The predicted molar refractivity (Wildman–Crippen MR) is 120 cm³/mol. The molecule has 5 rings (SSSR count). The second-order valence-corrected chi connectivity index (χ2v) is 8.44. The van der Waals surface area contributed by atoms with Gasteiger partial charge in [0.2, 0.25) is 0 Å². The van der Waals surface area contributed by atoms with Crippen LogP contribution in [-0.2, 0) is 0 Å². The summed E-state index contributed by atoms with van der Waals surface area (Å²) in [6.07, 6.45) is 10.9. The molecule has 0 bridgehead atoms. The van der Waals surface area contributed by atoms with Crippen LogP contribution in [-0.4, -0.2) is 51.1 Å². The highest BCUT2D eigenvalue weighted by molar-refractivity contribution is 6.34. The summed E-state index contributed by atoms with van der Waals surface area (Å²) in [5.74, 6) is 2.09. The molecule has 1 aliphatic carbocycles. The van der Waals surface area contributed by atoms with Gasteiger partial charge >= 0.3 is 0 Å². The molecule has 1 aliphatic heterocycles. The third-order valence-corrected chi connectivity index (χ3v) is 6.05. The van der Waals surface area contributed by atoms with Crippen molar-refractivity contribution in [1.82, 2.24) is 30.7 Å². The Morgan fingerprint density at radius 2 is 2.23 bits per heavy atom. The van der Waals surface area contributed by atoms with Crippen LogP contribution < -0.4 is 10.2 Å². The molecule has 1 fully saturated rings. The standard InChI is InChI=1S/C22H24ClN7/c1-14-2-4-15(5-3-14)10-17-13-30(9-8-24-17)20-12-25-29-22(26-20)16-6-7-19-18(11-16)21(23)28-27-19/h2,4-7,11-12,14,17,24H,3,8-10,13H2,1H3,(H,27,28)/t14?,17-/m0/s1. The van der Waals surface area contributed by atoms with E-state index in [0.717, 1.165) is 54.8 Å². The zero-order valence-corrected chi connectivity index (χ0v) is 17.6. The van der Waals surface area contributed by atoms with Crippen molar-refractivity contribution in [3.63, 3.8) is 0 Å². The van der Waals surface area contributed by atoms with Crippen LogP contribution in [0.1, 0.15) is 19.8 Å². The summed E-state index contributed by atoms with van der Waals surface area (Å²) in [5.41, 5.74) is 3.11. The minimum absolute atomic E-state index is 0.391. The number of rotatable bonds is 4. The van der Waals surface area contributed by atoms with Crippen molar-refractivity contribution in [2.45, 2.75) is 25.8 Å². The van der Waals surface area contributed by atoms with Crippen LogP contribution in [0, 0.1) is 5.92 Å². The molecule has 3 aromatic rings. The van der Waals surface area contributed by atoms with E-state index in [2.05, 4.69) is 55.8 Å². The second-order valence-electron chi connectivity index (χ2n) is 8.06. The van der Waals surface area contributed by atoms with E-state index in [1.54, 1.807) is 6.20 Å². The van der Waals surface area contributed by atoms with Gasteiger partial charge in [0.05, 0.1) is 11.7 Å². The molecular weight excluding hydrogens is 398 g/mol. The Kier molecular flexibility index (Phi) is 5.23. The van der Waals surface area contributed by atoms with Gasteiger partial charge in [-0.2, -0.15) is 10.2 Å². The lowest BCUT2D eigenvalue weighted by Crippen LogP contribution is -2.51. The summed E-state index contributed by atoms with van der Waals surface area (Å²) in [6.45, 7) is 4.97. The average Bonchev–Trinajstić information content (AvgIpc) is 3.16. The van der Waals surface area contributed by atoms with Crippen molar-refractivity contribution in [2.75, 3.05) is 24.5 Å². The maximum Gasteiger partial charge on any atom is 0.183 e. The first-order chi connectivity index (χ1) is 14.7. The molecule has 2 aliphatic rings. The first kappa shape index (κ1) is 19.2. The van der Waals surface area contributed by atoms with E-state index in [0.29, 0.717) is 22.9 Å². The first-order valence-electron chi connectivity index (χ1n) is 10.3. The molecule has 154 valence electrons. The number of nitrogens with zero attached hydrogens (tertiary/aromatic N) is 5. The molecule has 0 radical (unpaired) electrons. The van der Waals surface area contributed by atoms with Crippen molar-refractivity contribution in [3.05, 3.63) is 53.4 Å². The summed E-state index contributed by atoms with van der Waals surface area (Å²) in [4.78, 5) is 7.09. The maximum absolute atomic E-state index is 6.19. The van der Waals surface area contributed by atoms with E-state index in [1.807, 2.05) is 18.2 Å². The fraction of sp³-hybridized carbons (Fsp3) is 0.364. The number of fused-ring (bicyclic) bond motifs is 1. The normalized spacial score (nSPS) is 21.8. The van der Waals surface area contributed by atoms with Crippen molar-refractivity contribution in [3.8, 4) is 11.4 Å². The number of hydrogen-bond acceptors (Lipinski definition) is 6. The predicted octanol–water partition coefficient (Wildman–Crippen LogP) is 3.76. The van der Waals surface area contributed by atoms with E-state index >= 15 is 0 Å². The number of hydrogen-bond donors (Lipinski definition) is 2. The highest BCUT2D eigenvalue weighted by Gasteiger charge is 2.22. The Morgan fingerprint density at radius 1 is 1.30 bits per heavy atom. The SMILES string of the molecule is CC1C=CC(C[C@H]2CN(c3cnnc(-c4ccc5n[nH]c(Cl)c5c4)n3)CCN2)=CC1. The van der Waals surface area contributed by atoms with Gasteiger partial charge in [-0.15, -0.1) is 5.10 Å². The minimum Gasteiger partial charge on any atom is -0.352 e. The monoisotopic (exact) mass is 421 g/mol. The molecule has 3 heterocycles. The summed E-state index contributed by atoms with van der Waals surface area (Å²) in [5, 5.41) is 20.4. The summed E-state index contributed by atoms with van der Waals surface area (Å²) >= 11 is 6.19. The molecule has 0 spiro atoms. The lowest BCUT2D eigenvalue weighted by atomic mass is 9.94. The number of benzene rings is 1. The van der Waals surface area contributed by atoms with E-state index in [4.69, 9.17) is 16.6 Å². The number of nitrogens with one attached hydrogen (secondary N) is 2. The van der Waals surface area contributed by atoms with Crippen molar-refractivity contribution in [1.29, 1.82) is 0 Å². The third kappa shape index (κ3) is 3.95. The van der Waals surface area contributed by atoms with E-state index in [-0.39, 0.29) is 0 Å². The number of anilines is 1. The zero-order valence-electron chi connectivity index (χ0n) is 16.8. The third-order valence-electron chi connectivity index (χ3n) is 5.76. The molecule has 2 aromatic heterocycles. The Bertz CT molecular complexity index is 1120. The molecule has 2 N–H and O–H groups in total. The van der Waals surface area contributed by atoms with Gasteiger partial charge in [-0.3, -0.25) is 5.10 Å². The van der Waals surface area contributed by atoms with Crippen LogP contribution in [0.3, 0.4) is 0 Å². The summed E-state index contributed by atoms with van der Waals surface area (Å²) in [6, 6.07) is 6.20. The Labute approximate surface area is 180 Å². The highest BCUT2D eigenvalue weighted by Crippen LogP contribution is 2.27. The molecule has 2 atom stereocenters. The maximum atomic E-state index is 6.19. The van der Waals surface area contributed by atoms with Crippen LogP contribution in [0.2, 0.25) is 5.15 Å². The van der Waals surface area contributed by atoms with E-state index in [1.165, 1.54) is 5.57 Å². The number of aromatic amines is 1. The Balaban J connectivity index is 1.34. The van der Waals surface area contributed by atoms with Crippen LogP contribution in [0.15, 0.2) is 48.2 Å². The fourth-order valence-corrected chi connectivity index (χ4v) is 4.26. The van der Waals surface area contributed by atoms with Gasteiger partial charge in [0, 0.05) is 36.6 Å². The Morgan fingerprint density at radius 3 is 3.10 bits per heavy atom. The number of halogens is 1. The number of H-pyrrole nitrogens is 1. The topological polar surface area (TPSA) is 82.6 Å². The van der Waals surface area contributed by atoms with Gasteiger partial charge in [0.1, 0.15) is 5.15 Å². The van der Waals surface area contributed by atoms with Crippen LogP contribution in [0.5, 0.6) is 0 Å². The molecule has 0 saturated carbocycles. The average molecular weight is 422 g/mol. The molecule has 1 unspecified atom stereocenters. The number of allylic oxidation sites excluding steroid dienone is 3.